The highest BCUT2D eigenvalue weighted by atomic mass is 19.3. The van der Waals surface area contributed by atoms with Crippen molar-refractivity contribution in [2.75, 3.05) is 0 Å². The molecule has 0 fully saturated rings. The minimum atomic E-state index is -3.66. The van der Waals surface area contributed by atoms with Gasteiger partial charge in [0, 0.05) is 6.92 Å². The first-order valence-corrected chi connectivity index (χ1v) is 4.39. The van der Waals surface area contributed by atoms with E-state index in [-0.39, 0.29) is 11.3 Å². The summed E-state index contributed by atoms with van der Waals surface area (Å²) in [6, 6.07) is 4.53. The number of carboxylic acid groups (broad SMARTS) is 1. The Morgan fingerprint density at radius 2 is 2.00 bits per heavy atom. The normalized spacial score (nSPS) is 15.5. The minimum Gasteiger partial charge on any atom is -0.508 e. The molecular formula is C10H11F2NO3. The molecular weight excluding hydrogens is 220 g/mol. The lowest BCUT2D eigenvalue weighted by molar-refractivity contribution is -0.160. The molecule has 0 amide bonds. The van der Waals surface area contributed by atoms with E-state index < -0.39 is 17.4 Å². The molecule has 0 saturated carbocycles. The van der Waals surface area contributed by atoms with Gasteiger partial charge in [0.2, 0.25) is 5.54 Å². The van der Waals surface area contributed by atoms with Crippen molar-refractivity contribution in [1.29, 1.82) is 0 Å². The van der Waals surface area contributed by atoms with Crippen LogP contribution in [-0.2, 0) is 10.3 Å². The van der Waals surface area contributed by atoms with E-state index in [4.69, 9.17) is 15.9 Å². The van der Waals surface area contributed by atoms with Gasteiger partial charge in [0.25, 0.3) is 5.92 Å². The van der Waals surface area contributed by atoms with Crippen LogP contribution in [0.3, 0.4) is 0 Å². The van der Waals surface area contributed by atoms with Gasteiger partial charge in [0.05, 0.1) is 0 Å². The molecule has 1 aromatic carbocycles. The largest absolute Gasteiger partial charge is 0.508 e. The van der Waals surface area contributed by atoms with Gasteiger partial charge in [0.15, 0.2) is 0 Å². The van der Waals surface area contributed by atoms with Crippen LogP contribution in [0, 0.1) is 0 Å². The van der Waals surface area contributed by atoms with Gasteiger partial charge in [-0.3, -0.25) is 0 Å². The Morgan fingerprint density at radius 3 is 2.38 bits per heavy atom. The molecule has 0 aliphatic rings. The van der Waals surface area contributed by atoms with E-state index in [9.17, 15) is 13.6 Å². The summed E-state index contributed by atoms with van der Waals surface area (Å²) >= 11 is 0. The van der Waals surface area contributed by atoms with Gasteiger partial charge >= 0.3 is 5.97 Å². The lowest BCUT2D eigenvalue weighted by atomic mass is 9.85. The monoisotopic (exact) mass is 231 g/mol. The maximum absolute atomic E-state index is 13.3. The van der Waals surface area contributed by atoms with Crippen molar-refractivity contribution >= 4 is 5.97 Å². The summed E-state index contributed by atoms with van der Waals surface area (Å²) in [5.41, 5.74) is 2.04. The van der Waals surface area contributed by atoms with Gasteiger partial charge in [-0.05, 0) is 17.7 Å². The number of phenols is 1. The van der Waals surface area contributed by atoms with Crippen LogP contribution in [0.1, 0.15) is 12.5 Å². The first-order chi connectivity index (χ1) is 7.19. The third-order valence-electron chi connectivity index (χ3n) is 2.33. The lowest BCUT2D eigenvalue weighted by Crippen LogP contribution is -2.57. The fourth-order valence-corrected chi connectivity index (χ4v) is 1.32. The van der Waals surface area contributed by atoms with Crippen molar-refractivity contribution < 1.29 is 23.8 Å². The number of phenolic OH excluding ortho intramolecular Hbond substituents is 1. The number of aliphatic carboxylic acids is 1. The Morgan fingerprint density at radius 1 is 1.44 bits per heavy atom. The Kier molecular flexibility index (Phi) is 2.87. The molecule has 16 heavy (non-hydrogen) atoms. The molecule has 1 atom stereocenters. The standard InChI is InChI=1S/C10H11F2NO3/c1-9(11,12)10(13,8(15)16)6-3-2-4-7(14)5-6/h2-5,14H,13H2,1H3,(H,15,16). The molecule has 0 aliphatic carbocycles. The molecule has 1 unspecified atom stereocenters. The highest BCUT2D eigenvalue weighted by Gasteiger charge is 2.55. The van der Waals surface area contributed by atoms with Crippen molar-refractivity contribution in [3.63, 3.8) is 0 Å². The average molecular weight is 231 g/mol. The first-order valence-electron chi connectivity index (χ1n) is 4.39. The van der Waals surface area contributed by atoms with Crippen LogP contribution >= 0.6 is 0 Å². The summed E-state index contributed by atoms with van der Waals surface area (Å²) in [7, 11) is 0. The summed E-state index contributed by atoms with van der Waals surface area (Å²) in [5.74, 6) is -5.84. The second kappa shape index (κ2) is 3.71. The first kappa shape index (κ1) is 12.4. The summed E-state index contributed by atoms with van der Waals surface area (Å²) in [6.07, 6.45) is 0. The third-order valence-corrected chi connectivity index (χ3v) is 2.33. The molecule has 0 bridgehead atoms. The highest BCUT2D eigenvalue weighted by Crippen LogP contribution is 2.36. The summed E-state index contributed by atoms with van der Waals surface area (Å²) in [6.45, 7) is 0.422. The number of hydrogen-bond donors (Lipinski definition) is 3. The molecule has 0 saturated heterocycles. The molecule has 0 aromatic heterocycles. The predicted octanol–water partition coefficient (Wildman–Crippen LogP) is 1.29. The fourth-order valence-electron chi connectivity index (χ4n) is 1.32. The predicted molar refractivity (Wildman–Crippen MR) is 52.2 cm³/mol. The van der Waals surface area contributed by atoms with Crippen LogP contribution in [0.2, 0.25) is 0 Å². The third kappa shape index (κ3) is 1.83. The molecule has 0 aliphatic heterocycles. The van der Waals surface area contributed by atoms with Gasteiger partial charge < -0.3 is 15.9 Å². The second-order valence-corrected chi connectivity index (χ2v) is 3.55. The van der Waals surface area contributed by atoms with Gasteiger partial charge in [-0.2, -0.15) is 0 Å². The highest BCUT2D eigenvalue weighted by molar-refractivity contribution is 5.82. The van der Waals surface area contributed by atoms with Gasteiger partial charge in [-0.25, -0.2) is 13.6 Å². The van der Waals surface area contributed by atoms with E-state index in [1.165, 1.54) is 12.1 Å². The van der Waals surface area contributed by atoms with Crippen molar-refractivity contribution in [3.8, 4) is 5.75 Å². The van der Waals surface area contributed by atoms with Crippen LogP contribution in [-0.4, -0.2) is 22.1 Å². The van der Waals surface area contributed by atoms with Crippen molar-refractivity contribution in [1.82, 2.24) is 0 Å². The zero-order chi connectivity index (χ0) is 12.6. The lowest BCUT2D eigenvalue weighted by Gasteiger charge is -2.31. The van der Waals surface area contributed by atoms with Crippen LogP contribution in [0.5, 0.6) is 5.75 Å². The molecule has 0 spiro atoms. The van der Waals surface area contributed by atoms with Crippen LogP contribution in [0.4, 0.5) is 8.78 Å². The number of alkyl halides is 2. The smallest absolute Gasteiger partial charge is 0.334 e. The Hall–Kier alpha value is -1.69. The van der Waals surface area contributed by atoms with Crippen molar-refractivity contribution in [2.24, 2.45) is 5.73 Å². The van der Waals surface area contributed by atoms with Crippen LogP contribution in [0.25, 0.3) is 0 Å². The van der Waals surface area contributed by atoms with Gasteiger partial charge in [0.1, 0.15) is 5.75 Å². The van der Waals surface area contributed by atoms with Crippen molar-refractivity contribution in [2.45, 2.75) is 18.4 Å². The Labute approximate surface area is 90.3 Å². The van der Waals surface area contributed by atoms with Crippen molar-refractivity contribution in [3.05, 3.63) is 29.8 Å². The SMILES string of the molecule is CC(F)(F)C(N)(C(=O)O)c1cccc(O)c1. The number of benzene rings is 1. The zero-order valence-electron chi connectivity index (χ0n) is 8.45. The van der Waals surface area contributed by atoms with E-state index in [0.717, 1.165) is 12.1 Å². The number of hydrogen-bond acceptors (Lipinski definition) is 3. The van der Waals surface area contributed by atoms with E-state index in [1.807, 2.05) is 0 Å². The average Bonchev–Trinajstić information content (AvgIpc) is 2.14. The second-order valence-electron chi connectivity index (χ2n) is 3.55. The number of aromatic hydroxyl groups is 1. The molecule has 4 N–H and O–H groups in total. The van der Waals surface area contributed by atoms with Gasteiger partial charge in [-0.1, -0.05) is 12.1 Å². The topological polar surface area (TPSA) is 83.6 Å². The van der Waals surface area contributed by atoms with Crippen LogP contribution in [0.15, 0.2) is 24.3 Å². The summed E-state index contributed by atoms with van der Waals surface area (Å²) in [5, 5.41) is 18.0. The minimum absolute atomic E-state index is 0.321. The summed E-state index contributed by atoms with van der Waals surface area (Å²) in [4.78, 5) is 10.9. The molecule has 0 heterocycles. The van der Waals surface area contributed by atoms with E-state index in [1.54, 1.807) is 0 Å². The molecule has 4 nitrogen and oxygen atoms in total. The molecule has 88 valence electrons. The Balaban J connectivity index is 3.39. The molecule has 1 aromatic rings. The van der Waals surface area contributed by atoms with E-state index in [2.05, 4.69) is 0 Å². The van der Waals surface area contributed by atoms with E-state index in [0.29, 0.717) is 6.92 Å². The van der Waals surface area contributed by atoms with Crippen LogP contribution < -0.4 is 5.73 Å². The van der Waals surface area contributed by atoms with Gasteiger partial charge in [-0.15, -0.1) is 0 Å². The zero-order valence-corrected chi connectivity index (χ0v) is 8.45. The quantitative estimate of drug-likeness (QED) is 0.731. The molecule has 1 rings (SSSR count). The Bertz CT molecular complexity index is 417. The maximum Gasteiger partial charge on any atom is 0.334 e. The summed E-state index contributed by atoms with van der Waals surface area (Å²) < 4.78 is 26.5. The molecule has 0 radical (unpaired) electrons. The number of carbonyl (C=O) groups is 1. The van der Waals surface area contributed by atoms with E-state index >= 15 is 0 Å². The number of rotatable bonds is 3. The number of carboxylic acids is 1. The number of halogens is 2. The number of nitrogens with two attached hydrogens (primary N) is 1. The molecule has 6 heteroatoms. The fraction of sp³-hybridized carbons (Fsp3) is 0.300. The maximum atomic E-state index is 13.3.